The second-order valence-corrected chi connectivity index (χ2v) is 7.80. The number of hydrogen-bond donors (Lipinski definition) is 3. The summed E-state index contributed by atoms with van der Waals surface area (Å²) in [5.74, 6) is 0.749. The van der Waals surface area contributed by atoms with Crippen molar-refractivity contribution in [3.63, 3.8) is 0 Å². The van der Waals surface area contributed by atoms with Crippen molar-refractivity contribution in [1.82, 2.24) is 25.7 Å². The van der Waals surface area contributed by atoms with Crippen molar-refractivity contribution in [2.75, 3.05) is 20.1 Å². The number of aromatic nitrogens is 2. The molecule has 0 fully saturated rings. The van der Waals surface area contributed by atoms with Crippen LogP contribution in [-0.2, 0) is 18.2 Å². The SMILES string of the molecule is CN=C(NCCCNC(=O)OC(C)(C)C)NC(C)Cc1c(C)nn(C)c1C. The van der Waals surface area contributed by atoms with Gasteiger partial charge >= 0.3 is 6.09 Å². The molecular formula is C19H36N6O2. The van der Waals surface area contributed by atoms with Crippen LogP contribution >= 0.6 is 0 Å². The van der Waals surface area contributed by atoms with E-state index < -0.39 is 5.60 Å². The van der Waals surface area contributed by atoms with Crippen molar-refractivity contribution in [3.05, 3.63) is 17.0 Å². The molecule has 0 aliphatic heterocycles. The fourth-order valence-electron chi connectivity index (χ4n) is 2.70. The van der Waals surface area contributed by atoms with Crippen molar-refractivity contribution < 1.29 is 9.53 Å². The fourth-order valence-corrected chi connectivity index (χ4v) is 2.70. The van der Waals surface area contributed by atoms with Crippen LogP contribution in [0.3, 0.4) is 0 Å². The summed E-state index contributed by atoms with van der Waals surface area (Å²) in [6.45, 7) is 13.0. The summed E-state index contributed by atoms with van der Waals surface area (Å²) in [6, 6.07) is 0.220. The molecule has 1 aromatic rings. The Kier molecular flexibility index (Phi) is 8.59. The molecule has 0 saturated carbocycles. The molecule has 0 aliphatic carbocycles. The molecule has 0 radical (unpaired) electrons. The number of carbonyl (C=O) groups is 1. The van der Waals surface area contributed by atoms with Crippen LogP contribution in [0.25, 0.3) is 0 Å². The van der Waals surface area contributed by atoms with E-state index in [9.17, 15) is 4.79 Å². The zero-order valence-corrected chi connectivity index (χ0v) is 18.1. The van der Waals surface area contributed by atoms with Gasteiger partial charge in [-0.25, -0.2) is 4.79 Å². The van der Waals surface area contributed by atoms with Crippen LogP contribution in [0.2, 0.25) is 0 Å². The van der Waals surface area contributed by atoms with Gasteiger partial charge in [-0.05, 0) is 59.9 Å². The fraction of sp³-hybridized carbons (Fsp3) is 0.737. The predicted molar refractivity (Wildman–Crippen MR) is 109 cm³/mol. The Morgan fingerprint density at radius 1 is 1.26 bits per heavy atom. The number of aliphatic imine (C=N–C) groups is 1. The van der Waals surface area contributed by atoms with Crippen LogP contribution in [0.5, 0.6) is 0 Å². The lowest BCUT2D eigenvalue weighted by Crippen LogP contribution is -2.44. The monoisotopic (exact) mass is 380 g/mol. The first-order chi connectivity index (χ1) is 12.5. The number of alkyl carbamates (subject to hydrolysis) is 1. The third-order valence-corrected chi connectivity index (χ3v) is 4.09. The normalized spacial score (nSPS) is 13.3. The Morgan fingerprint density at radius 3 is 2.41 bits per heavy atom. The molecule has 1 atom stereocenters. The van der Waals surface area contributed by atoms with Gasteiger partial charge in [0.15, 0.2) is 5.96 Å². The van der Waals surface area contributed by atoms with Gasteiger partial charge in [-0.2, -0.15) is 5.10 Å². The van der Waals surface area contributed by atoms with Gasteiger partial charge in [0.1, 0.15) is 5.60 Å². The first kappa shape index (κ1) is 22.8. The van der Waals surface area contributed by atoms with Gasteiger partial charge in [-0.15, -0.1) is 0 Å². The summed E-state index contributed by atoms with van der Waals surface area (Å²) >= 11 is 0. The topological polar surface area (TPSA) is 92.6 Å². The average Bonchev–Trinajstić information content (AvgIpc) is 2.78. The van der Waals surface area contributed by atoms with E-state index in [-0.39, 0.29) is 12.1 Å². The van der Waals surface area contributed by atoms with Crippen LogP contribution < -0.4 is 16.0 Å². The molecule has 8 nitrogen and oxygen atoms in total. The summed E-state index contributed by atoms with van der Waals surface area (Å²) < 4.78 is 7.12. The number of hydrogen-bond acceptors (Lipinski definition) is 4. The van der Waals surface area contributed by atoms with Gasteiger partial charge in [-0.1, -0.05) is 0 Å². The van der Waals surface area contributed by atoms with E-state index in [2.05, 4.69) is 39.9 Å². The highest BCUT2D eigenvalue weighted by molar-refractivity contribution is 5.79. The van der Waals surface area contributed by atoms with Crippen molar-refractivity contribution in [2.24, 2.45) is 12.0 Å². The maximum atomic E-state index is 11.6. The number of nitrogens with one attached hydrogen (secondary N) is 3. The minimum atomic E-state index is -0.477. The Labute approximate surface area is 163 Å². The zero-order chi connectivity index (χ0) is 20.6. The van der Waals surface area contributed by atoms with E-state index >= 15 is 0 Å². The first-order valence-corrected chi connectivity index (χ1v) is 9.46. The van der Waals surface area contributed by atoms with Crippen molar-refractivity contribution in [1.29, 1.82) is 0 Å². The summed E-state index contributed by atoms with van der Waals surface area (Å²) in [7, 11) is 3.72. The maximum Gasteiger partial charge on any atom is 0.407 e. The number of rotatable bonds is 7. The van der Waals surface area contributed by atoms with Crippen LogP contribution in [0.4, 0.5) is 4.79 Å². The molecule has 27 heavy (non-hydrogen) atoms. The molecule has 8 heteroatoms. The molecule has 0 bridgehead atoms. The van der Waals surface area contributed by atoms with E-state index in [1.807, 2.05) is 39.4 Å². The molecule has 1 unspecified atom stereocenters. The summed E-state index contributed by atoms with van der Waals surface area (Å²) in [4.78, 5) is 15.9. The number of ether oxygens (including phenoxy) is 1. The summed E-state index contributed by atoms with van der Waals surface area (Å²) in [5, 5.41) is 13.9. The Bertz CT molecular complexity index is 645. The maximum absolute atomic E-state index is 11.6. The van der Waals surface area contributed by atoms with Gasteiger partial charge < -0.3 is 20.7 Å². The van der Waals surface area contributed by atoms with Crippen LogP contribution in [0, 0.1) is 13.8 Å². The molecule has 0 spiro atoms. The lowest BCUT2D eigenvalue weighted by molar-refractivity contribution is 0.0527. The number of guanidine groups is 1. The Balaban J connectivity index is 2.33. The van der Waals surface area contributed by atoms with Crippen LogP contribution in [-0.4, -0.2) is 53.6 Å². The van der Waals surface area contributed by atoms with Crippen LogP contribution in [0.15, 0.2) is 4.99 Å². The number of aryl methyl sites for hydroxylation is 2. The highest BCUT2D eigenvalue weighted by Gasteiger charge is 2.16. The highest BCUT2D eigenvalue weighted by atomic mass is 16.6. The number of nitrogens with zero attached hydrogens (tertiary/aromatic N) is 3. The van der Waals surface area contributed by atoms with Crippen molar-refractivity contribution in [2.45, 2.75) is 66.0 Å². The van der Waals surface area contributed by atoms with E-state index in [1.54, 1.807) is 7.05 Å². The van der Waals surface area contributed by atoms with Gasteiger partial charge in [0.2, 0.25) is 0 Å². The van der Waals surface area contributed by atoms with E-state index in [4.69, 9.17) is 4.74 Å². The molecule has 0 aliphatic rings. The molecule has 1 rings (SSSR count). The molecule has 0 aromatic carbocycles. The molecular weight excluding hydrogens is 344 g/mol. The lowest BCUT2D eigenvalue weighted by atomic mass is 10.1. The summed E-state index contributed by atoms with van der Waals surface area (Å²) in [6.07, 6.45) is 1.27. The van der Waals surface area contributed by atoms with E-state index in [1.165, 1.54) is 11.3 Å². The molecule has 1 aromatic heterocycles. The summed E-state index contributed by atoms with van der Waals surface area (Å²) in [5.41, 5.74) is 3.06. The first-order valence-electron chi connectivity index (χ1n) is 9.46. The van der Waals surface area contributed by atoms with Gasteiger partial charge in [0.05, 0.1) is 5.69 Å². The zero-order valence-electron chi connectivity index (χ0n) is 18.1. The molecule has 0 saturated heterocycles. The highest BCUT2D eigenvalue weighted by Crippen LogP contribution is 2.14. The molecule has 1 heterocycles. The lowest BCUT2D eigenvalue weighted by Gasteiger charge is -2.20. The van der Waals surface area contributed by atoms with Crippen molar-refractivity contribution >= 4 is 12.1 Å². The average molecular weight is 381 g/mol. The third kappa shape index (κ3) is 8.32. The van der Waals surface area contributed by atoms with Crippen LogP contribution in [0.1, 0.15) is 51.1 Å². The predicted octanol–water partition coefficient (Wildman–Crippen LogP) is 2.05. The van der Waals surface area contributed by atoms with Gasteiger partial charge in [0, 0.05) is 38.9 Å². The second kappa shape index (κ2) is 10.2. The molecule has 154 valence electrons. The third-order valence-electron chi connectivity index (χ3n) is 4.09. The van der Waals surface area contributed by atoms with Crippen molar-refractivity contribution in [3.8, 4) is 0 Å². The number of amides is 1. The molecule has 3 N–H and O–H groups in total. The smallest absolute Gasteiger partial charge is 0.407 e. The Morgan fingerprint density at radius 2 is 1.89 bits per heavy atom. The minimum Gasteiger partial charge on any atom is -0.444 e. The largest absolute Gasteiger partial charge is 0.444 e. The minimum absolute atomic E-state index is 0.220. The van der Waals surface area contributed by atoms with E-state index in [0.717, 1.165) is 24.5 Å². The van der Waals surface area contributed by atoms with E-state index in [0.29, 0.717) is 13.1 Å². The van der Waals surface area contributed by atoms with Gasteiger partial charge in [0.25, 0.3) is 0 Å². The number of carbonyl (C=O) groups excluding carboxylic acids is 1. The quantitative estimate of drug-likeness (QED) is 0.382. The Hall–Kier alpha value is -2.25. The standard InChI is InChI=1S/C19H36N6O2/c1-13(12-16-14(2)24-25(8)15(16)3)23-17(20-7)21-10-9-11-22-18(26)27-19(4,5)6/h13H,9-12H2,1-8H3,(H,22,26)(H2,20,21,23). The van der Waals surface area contributed by atoms with Gasteiger partial charge in [-0.3, -0.25) is 9.67 Å². The second-order valence-electron chi connectivity index (χ2n) is 7.80. The molecule has 1 amide bonds.